The second-order valence-corrected chi connectivity index (χ2v) is 4.70. The predicted molar refractivity (Wildman–Crippen MR) is 68.9 cm³/mol. The first-order valence-corrected chi connectivity index (χ1v) is 6.18. The molecule has 0 saturated carbocycles. The van der Waals surface area contributed by atoms with E-state index in [-0.39, 0.29) is 11.8 Å². The molecular weight excluding hydrogens is 222 g/mol. The van der Waals surface area contributed by atoms with Crippen LogP contribution in [-0.4, -0.2) is 5.11 Å². The lowest BCUT2D eigenvalue weighted by Gasteiger charge is -2.15. The van der Waals surface area contributed by atoms with Crippen molar-refractivity contribution in [3.8, 4) is 5.75 Å². The van der Waals surface area contributed by atoms with Crippen molar-refractivity contribution in [1.29, 1.82) is 0 Å². The molecule has 0 aliphatic heterocycles. The highest BCUT2D eigenvalue weighted by Crippen LogP contribution is 2.32. The lowest BCUT2D eigenvalue weighted by molar-refractivity contribution is 0.452. The van der Waals surface area contributed by atoms with E-state index in [4.69, 9.17) is 17.3 Å². The molecule has 0 unspecified atom stereocenters. The van der Waals surface area contributed by atoms with Crippen molar-refractivity contribution in [2.24, 2.45) is 5.73 Å². The van der Waals surface area contributed by atoms with E-state index in [2.05, 4.69) is 6.92 Å². The summed E-state index contributed by atoms with van der Waals surface area (Å²) in [4.78, 5) is 0. The molecular formula is C13H20ClNO. The van der Waals surface area contributed by atoms with Gasteiger partial charge in [-0.15, -0.1) is 0 Å². The normalized spacial score (nSPS) is 12.8. The van der Waals surface area contributed by atoms with Crippen LogP contribution in [0.3, 0.4) is 0 Å². The van der Waals surface area contributed by atoms with E-state index in [1.54, 1.807) is 12.1 Å². The third-order valence-electron chi connectivity index (χ3n) is 2.81. The number of hydrogen-bond acceptors (Lipinski definition) is 2. The fraction of sp³-hybridized carbons (Fsp3) is 0.538. The fourth-order valence-electron chi connectivity index (χ4n) is 1.81. The zero-order chi connectivity index (χ0) is 12.1. The minimum absolute atomic E-state index is 0.121. The molecule has 0 aliphatic carbocycles. The molecule has 0 amide bonds. The van der Waals surface area contributed by atoms with E-state index in [1.165, 1.54) is 12.8 Å². The number of aromatic hydroxyl groups is 1. The molecule has 3 N–H and O–H groups in total. The molecule has 1 atom stereocenters. The summed E-state index contributed by atoms with van der Waals surface area (Å²) in [6.07, 6.45) is 4.32. The smallest absolute Gasteiger partial charge is 0.123 e. The van der Waals surface area contributed by atoms with Crippen molar-refractivity contribution in [2.45, 2.75) is 45.6 Å². The van der Waals surface area contributed by atoms with Gasteiger partial charge in [0.25, 0.3) is 0 Å². The molecule has 0 aliphatic rings. The van der Waals surface area contributed by atoms with E-state index >= 15 is 0 Å². The number of benzene rings is 1. The van der Waals surface area contributed by atoms with Gasteiger partial charge in [-0.05, 0) is 31.0 Å². The van der Waals surface area contributed by atoms with E-state index < -0.39 is 0 Å². The second kappa shape index (κ2) is 6.12. The molecule has 0 saturated heterocycles. The monoisotopic (exact) mass is 241 g/mol. The first-order valence-electron chi connectivity index (χ1n) is 5.80. The molecule has 2 nitrogen and oxygen atoms in total. The lowest BCUT2D eigenvalue weighted by Crippen LogP contribution is -2.10. The van der Waals surface area contributed by atoms with E-state index in [0.29, 0.717) is 5.02 Å². The summed E-state index contributed by atoms with van der Waals surface area (Å²) in [5.41, 5.74) is 7.61. The Kier molecular flexibility index (Phi) is 5.10. The van der Waals surface area contributed by atoms with Gasteiger partial charge in [0.2, 0.25) is 0 Å². The Morgan fingerprint density at radius 3 is 2.69 bits per heavy atom. The summed E-state index contributed by atoms with van der Waals surface area (Å²) >= 11 is 5.96. The number of halogens is 1. The Morgan fingerprint density at radius 1 is 1.38 bits per heavy atom. The van der Waals surface area contributed by atoms with Crippen LogP contribution in [0.2, 0.25) is 5.02 Å². The summed E-state index contributed by atoms with van der Waals surface area (Å²) in [6, 6.07) is 3.39. The van der Waals surface area contributed by atoms with Crippen LogP contribution in [0.25, 0.3) is 0 Å². The predicted octanol–water partition coefficient (Wildman–Crippen LogP) is 3.93. The van der Waals surface area contributed by atoms with Crippen LogP contribution in [0.15, 0.2) is 12.1 Å². The number of hydrogen-bond donors (Lipinski definition) is 2. The molecule has 0 heterocycles. The van der Waals surface area contributed by atoms with E-state index in [9.17, 15) is 5.11 Å². The Bertz CT molecular complexity index is 352. The Labute approximate surface area is 102 Å². The van der Waals surface area contributed by atoms with Crippen LogP contribution in [0.4, 0.5) is 0 Å². The van der Waals surface area contributed by atoms with Crippen LogP contribution in [0.1, 0.15) is 49.8 Å². The largest absolute Gasteiger partial charge is 0.507 e. The number of unbranched alkanes of at least 4 members (excludes halogenated alkanes) is 2. The molecule has 1 aromatic carbocycles. The summed E-state index contributed by atoms with van der Waals surface area (Å²) in [7, 11) is 0. The maximum absolute atomic E-state index is 9.91. The highest BCUT2D eigenvalue weighted by molar-refractivity contribution is 6.30. The molecule has 1 aromatic rings. The van der Waals surface area contributed by atoms with Gasteiger partial charge in [-0.1, -0.05) is 37.8 Å². The molecule has 0 spiro atoms. The summed E-state index contributed by atoms with van der Waals surface area (Å²) in [5.74, 6) is 0.286. The number of aryl methyl sites for hydroxylation is 1. The Balaban J connectivity index is 2.78. The van der Waals surface area contributed by atoms with Crippen LogP contribution in [0, 0.1) is 6.92 Å². The zero-order valence-corrected chi connectivity index (χ0v) is 10.7. The standard InChI is InChI=1S/C13H20ClNO/c1-3-4-5-6-12(15)11-8-10(14)7-9(2)13(11)16/h7-8,12,16H,3-6,15H2,1-2H3/t12-/m1/s1. The average Bonchev–Trinajstić information content (AvgIpc) is 2.23. The zero-order valence-electron chi connectivity index (χ0n) is 9.96. The number of phenols is 1. The Morgan fingerprint density at radius 2 is 2.06 bits per heavy atom. The first kappa shape index (κ1) is 13.3. The topological polar surface area (TPSA) is 46.2 Å². The molecule has 0 fully saturated rings. The average molecular weight is 242 g/mol. The first-order chi connectivity index (χ1) is 7.56. The van der Waals surface area contributed by atoms with Crippen molar-refractivity contribution in [2.75, 3.05) is 0 Å². The van der Waals surface area contributed by atoms with Crippen molar-refractivity contribution in [3.05, 3.63) is 28.3 Å². The molecule has 16 heavy (non-hydrogen) atoms. The number of rotatable bonds is 5. The van der Waals surface area contributed by atoms with Gasteiger partial charge in [-0.25, -0.2) is 0 Å². The molecule has 3 heteroatoms. The maximum atomic E-state index is 9.91. The van der Waals surface area contributed by atoms with Gasteiger partial charge in [-0.2, -0.15) is 0 Å². The summed E-state index contributed by atoms with van der Waals surface area (Å²) in [6.45, 7) is 4.00. The van der Waals surface area contributed by atoms with Crippen LogP contribution in [0.5, 0.6) is 5.75 Å². The minimum atomic E-state index is -0.121. The minimum Gasteiger partial charge on any atom is -0.507 e. The summed E-state index contributed by atoms with van der Waals surface area (Å²) < 4.78 is 0. The molecule has 0 aromatic heterocycles. The van der Waals surface area contributed by atoms with E-state index in [1.807, 2.05) is 6.92 Å². The van der Waals surface area contributed by atoms with Gasteiger partial charge < -0.3 is 10.8 Å². The lowest BCUT2D eigenvalue weighted by atomic mass is 9.98. The van der Waals surface area contributed by atoms with E-state index in [0.717, 1.165) is 24.0 Å². The van der Waals surface area contributed by atoms with Crippen molar-refractivity contribution in [1.82, 2.24) is 0 Å². The molecule has 0 bridgehead atoms. The van der Waals surface area contributed by atoms with Crippen molar-refractivity contribution < 1.29 is 5.11 Å². The second-order valence-electron chi connectivity index (χ2n) is 4.26. The van der Waals surface area contributed by atoms with Crippen molar-refractivity contribution in [3.63, 3.8) is 0 Å². The Hall–Kier alpha value is -0.730. The quantitative estimate of drug-likeness (QED) is 0.768. The van der Waals surface area contributed by atoms with Crippen LogP contribution < -0.4 is 5.73 Å². The third-order valence-corrected chi connectivity index (χ3v) is 3.03. The van der Waals surface area contributed by atoms with Crippen LogP contribution >= 0.6 is 11.6 Å². The fourth-order valence-corrected chi connectivity index (χ4v) is 2.10. The van der Waals surface area contributed by atoms with Crippen LogP contribution in [-0.2, 0) is 0 Å². The molecule has 1 rings (SSSR count). The van der Waals surface area contributed by atoms with Crippen molar-refractivity contribution >= 4 is 11.6 Å². The highest BCUT2D eigenvalue weighted by atomic mass is 35.5. The van der Waals surface area contributed by atoms with Gasteiger partial charge in [-0.3, -0.25) is 0 Å². The van der Waals surface area contributed by atoms with Gasteiger partial charge in [0, 0.05) is 16.6 Å². The van der Waals surface area contributed by atoms with Gasteiger partial charge >= 0.3 is 0 Å². The summed E-state index contributed by atoms with van der Waals surface area (Å²) in [5, 5.41) is 10.5. The third kappa shape index (κ3) is 3.39. The number of phenolic OH excluding ortho intramolecular Hbond substituents is 1. The molecule has 0 radical (unpaired) electrons. The maximum Gasteiger partial charge on any atom is 0.123 e. The van der Waals surface area contributed by atoms with Gasteiger partial charge in [0.05, 0.1) is 0 Å². The van der Waals surface area contributed by atoms with Gasteiger partial charge in [0.1, 0.15) is 5.75 Å². The SMILES string of the molecule is CCCCC[C@@H](N)c1cc(Cl)cc(C)c1O. The van der Waals surface area contributed by atoms with Gasteiger partial charge in [0.15, 0.2) is 0 Å². The number of nitrogens with two attached hydrogens (primary N) is 1. The highest BCUT2D eigenvalue weighted by Gasteiger charge is 2.13. The molecule has 90 valence electrons.